The predicted octanol–water partition coefficient (Wildman–Crippen LogP) is 2.75. The number of furan rings is 1. The third kappa shape index (κ3) is 3.24. The van der Waals surface area contributed by atoms with E-state index in [0.29, 0.717) is 0 Å². The molecule has 0 aromatic carbocycles. The van der Waals surface area contributed by atoms with Gasteiger partial charge >= 0.3 is 0 Å². The van der Waals surface area contributed by atoms with Crippen molar-refractivity contribution in [2.45, 2.75) is 27.3 Å². The van der Waals surface area contributed by atoms with E-state index in [1.54, 1.807) is 6.26 Å². The quantitative estimate of drug-likeness (QED) is 0.895. The lowest BCUT2D eigenvalue weighted by Gasteiger charge is -2.19. The van der Waals surface area contributed by atoms with Crippen LogP contribution in [0.1, 0.15) is 24.1 Å². The monoisotopic (exact) mass is 260 g/mol. The Balaban J connectivity index is 2.18. The van der Waals surface area contributed by atoms with Crippen molar-refractivity contribution < 1.29 is 4.42 Å². The van der Waals surface area contributed by atoms with Crippen LogP contribution in [-0.4, -0.2) is 23.6 Å². The van der Waals surface area contributed by atoms with Crippen LogP contribution in [0.4, 0.5) is 11.6 Å². The van der Waals surface area contributed by atoms with Gasteiger partial charge in [-0.1, -0.05) is 0 Å². The van der Waals surface area contributed by atoms with E-state index in [-0.39, 0.29) is 0 Å². The number of aromatic nitrogens is 2. The molecule has 5 nitrogen and oxygen atoms in total. The highest BCUT2D eigenvalue weighted by molar-refractivity contribution is 5.49. The van der Waals surface area contributed by atoms with Gasteiger partial charge in [-0.15, -0.1) is 0 Å². The molecule has 0 aliphatic carbocycles. The van der Waals surface area contributed by atoms with Gasteiger partial charge in [-0.05, 0) is 26.8 Å². The second-order valence-electron chi connectivity index (χ2n) is 4.55. The molecule has 5 heteroatoms. The molecule has 0 unspecified atom stereocenters. The lowest BCUT2D eigenvalue weighted by molar-refractivity contribution is 0.529. The maximum atomic E-state index is 5.32. The Morgan fingerprint density at radius 1 is 1.32 bits per heavy atom. The van der Waals surface area contributed by atoms with Gasteiger partial charge in [-0.2, -0.15) is 0 Å². The number of nitrogens with zero attached hydrogens (tertiary/aromatic N) is 3. The summed E-state index contributed by atoms with van der Waals surface area (Å²) in [5.74, 6) is 3.48. The fraction of sp³-hybridized carbons (Fsp3) is 0.429. The summed E-state index contributed by atoms with van der Waals surface area (Å²) in [4.78, 5) is 10.9. The number of nitrogens with one attached hydrogen (secondary N) is 1. The first-order chi connectivity index (χ1) is 9.10. The molecule has 102 valence electrons. The lowest BCUT2D eigenvalue weighted by Crippen LogP contribution is -2.19. The van der Waals surface area contributed by atoms with Crippen molar-refractivity contribution >= 4 is 11.6 Å². The molecule has 0 aliphatic rings. The molecular weight excluding hydrogens is 240 g/mol. The van der Waals surface area contributed by atoms with Gasteiger partial charge in [0.1, 0.15) is 23.2 Å². The molecule has 0 amide bonds. The van der Waals surface area contributed by atoms with Crippen LogP contribution < -0.4 is 10.2 Å². The van der Waals surface area contributed by atoms with Gasteiger partial charge in [0, 0.05) is 31.8 Å². The smallest absolute Gasteiger partial charge is 0.134 e. The number of hydrogen-bond acceptors (Lipinski definition) is 5. The van der Waals surface area contributed by atoms with Crippen LogP contribution >= 0.6 is 0 Å². The average Bonchev–Trinajstić information content (AvgIpc) is 2.75. The van der Waals surface area contributed by atoms with Gasteiger partial charge in [0.05, 0.1) is 6.26 Å². The molecule has 0 bridgehead atoms. The molecule has 0 radical (unpaired) electrons. The molecule has 2 heterocycles. The zero-order chi connectivity index (χ0) is 13.8. The maximum Gasteiger partial charge on any atom is 0.134 e. The Bertz CT molecular complexity index is 550. The highest BCUT2D eigenvalue weighted by atomic mass is 16.3. The molecule has 2 rings (SSSR count). The van der Waals surface area contributed by atoms with Crippen LogP contribution in [0.15, 0.2) is 22.8 Å². The second kappa shape index (κ2) is 5.73. The standard InChI is InChI=1S/C14H20N4O/c1-5-15-13-8-14(17-11(3)16-13)18(4)9-12-6-7-19-10(12)2/h6-8H,5,9H2,1-4H3,(H,15,16,17). The van der Waals surface area contributed by atoms with Gasteiger partial charge in [-0.3, -0.25) is 0 Å². The summed E-state index contributed by atoms with van der Waals surface area (Å²) >= 11 is 0. The SMILES string of the molecule is CCNc1cc(N(C)Cc2ccoc2C)nc(C)n1. The average molecular weight is 260 g/mol. The second-order valence-corrected chi connectivity index (χ2v) is 4.55. The van der Waals surface area contributed by atoms with E-state index < -0.39 is 0 Å². The molecule has 0 saturated heterocycles. The first kappa shape index (κ1) is 13.4. The van der Waals surface area contributed by atoms with Crippen LogP contribution in [-0.2, 0) is 6.54 Å². The zero-order valence-corrected chi connectivity index (χ0v) is 11.9. The van der Waals surface area contributed by atoms with Crippen LogP contribution in [0.25, 0.3) is 0 Å². The summed E-state index contributed by atoms with van der Waals surface area (Å²) in [7, 11) is 2.02. The van der Waals surface area contributed by atoms with Gasteiger partial charge in [0.2, 0.25) is 0 Å². The number of anilines is 2. The van der Waals surface area contributed by atoms with Crippen molar-refractivity contribution in [3.8, 4) is 0 Å². The fourth-order valence-electron chi connectivity index (χ4n) is 1.93. The van der Waals surface area contributed by atoms with Crippen molar-refractivity contribution in [1.29, 1.82) is 0 Å². The zero-order valence-electron chi connectivity index (χ0n) is 11.9. The van der Waals surface area contributed by atoms with Gasteiger partial charge < -0.3 is 14.6 Å². The summed E-state index contributed by atoms with van der Waals surface area (Å²) in [5, 5.41) is 3.22. The van der Waals surface area contributed by atoms with E-state index in [4.69, 9.17) is 4.42 Å². The molecule has 0 saturated carbocycles. The highest BCUT2D eigenvalue weighted by Gasteiger charge is 2.09. The Morgan fingerprint density at radius 2 is 2.11 bits per heavy atom. The van der Waals surface area contributed by atoms with Crippen molar-refractivity contribution in [2.75, 3.05) is 23.8 Å². The third-order valence-electron chi connectivity index (χ3n) is 2.95. The maximum absolute atomic E-state index is 5.32. The summed E-state index contributed by atoms with van der Waals surface area (Å²) < 4.78 is 5.32. The van der Waals surface area contributed by atoms with E-state index in [0.717, 1.165) is 36.3 Å². The number of rotatable bonds is 5. The third-order valence-corrected chi connectivity index (χ3v) is 2.95. The molecule has 19 heavy (non-hydrogen) atoms. The van der Waals surface area contributed by atoms with Crippen LogP contribution in [0, 0.1) is 13.8 Å². The Kier molecular flexibility index (Phi) is 4.04. The van der Waals surface area contributed by atoms with Crippen LogP contribution in [0.3, 0.4) is 0 Å². The van der Waals surface area contributed by atoms with Gasteiger partial charge in [0.15, 0.2) is 0 Å². The normalized spacial score (nSPS) is 10.5. The summed E-state index contributed by atoms with van der Waals surface area (Å²) in [5.41, 5.74) is 1.17. The number of aryl methyl sites for hydroxylation is 2. The summed E-state index contributed by atoms with van der Waals surface area (Å²) in [6, 6.07) is 3.96. The highest BCUT2D eigenvalue weighted by Crippen LogP contribution is 2.18. The van der Waals surface area contributed by atoms with Crippen LogP contribution in [0.5, 0.6) is 0 Å². The van der Waals surface area contributed by atoms with Gasteiger partial charge in [-0.25, -0.2) is 9.97 Å². The number of hydrogen-bond donors (Lipinski definition) is 1. The first-order valence-corrected chi connectivity index (χ1v) is 6.43. The molecule has 2 aromatic rings. The lowest BCUT2D eigenvalue weighted by atomic mass is 10.2. The first-order valence-electron chi connectivity index (χ1n) is 6.43. The van der Waals surface area contributed by atoms with E-state index in [2.05, 4.69) is 27.1 Å². The predicted molar refractivity (Wildman–Crippen MR) is 76.5 cm³/mol. The Hall–Kier alpha value is -2.04. The van der Waals surface area contributed by atoms with Gasteiger partial charge in [0.25, 0.3) is 0 Å². The molecule has 2 aromatic heterocycles. The largest absolute Gasteiger partial charge is 0.469 e. The van der Waals surface area contributed by atoms with Crippen LogP contribution in [0.2, 0.25) is 0 Å². The minimum atomic E-state index is 0.768. The minimum absolute atomic E-state index is 0.768. The minimum Gasteiger partial charge on any atom is -0.469 e. The molecule has 0 fully saturated rings. The van der Waals surface area contributed by atoms with Crippen molar-refractivity contribution in [1.82, 2.24) is 9.97 Å². The molecule has 1 N–H and O–H groups in total. The summed E-state index contributed by atoms with van der Waals surface area (Å²) in [6.45, 7) is 7.54. The Labute approximate surface area is 113 Å². The fourth-order valence-corrected chi connectivity index (χ4v) is 1.93. The van der Waals surface area contributed by atoms with E-state index in [1.165, 1.54) is 5.56 Å². The van der Waals surface area contributed by atoms with Crippen molar-refractivity contribution in [2.24, 2.45) is 0 Å². The van der Waals surface area contributed by atoms with Crippen molar-refractivity contribution in [3.63, 3.8) is 0 Å². The van der Waals surface area contributed by atoms with Crippen molar-refractivity contribution in [3.05, 3.63) is 35.5 Å². The molecule has 0 spiro atoms. The van der Waals surface area contributed by atoms with E-state index in [1.807, 2.05) is 33.0 Å². The molecule has 0 atom stereocenters. The van der Waals surface area contributed by atoms with E-state index in [9.17, 15) is 0 Å². The molecular formula is C14H20N4O. The topological polar surface area (TPSA) is 54.2 Å². The molecule has 0 aliphatic heterocycles. The Morgan fingerprint density at radius 3 is 2.74 bits per heavy atom. The van der Waals surface area contributed by atoms with E-state index >= 15 is 0 Å². The summed E-state index contributed by atoms with van der Waals surface area (Å²) in [6.07, 6.45) is 1.72.